The number of urea groups is 1. The molecular formula is C23H22N6O4. The summed E-state index contributed by atoms with van der Waals surface area (Å²) in [6.07, 6.45) is 7.74. The van der Waals surface area contributed by atoms with Gasteiger partial charge in [0.25, 0.3) is 11.8 Å². The van der Waals surface area contributed by atoms with Gasteiger partial charge in [-0.15, -0.1) is 0 Å². The summed E-state index contributed by atoms with van der Waals surface area (Å²) in [7, 11) is 1.54. The van der Waals surface area contributed by atoms with E-state index in [4.69, 9.17) is 4.74 Å². The topological polar surface area (TPSA) is 129 Å². The first kappa shape index (κ1) is 20.7. The van der Waals surface area contributed by atoms with Crippen LogP contribution >= 0.6 is 0 Å². The maximum Gasteiger partial charge on any atom is 0.322 e. The molecule has 1 aromatic carbocycles. The maximum atomic E-state index is 13.0. The van der Waals surface area contributed by atoms with Crippen LogP contribution in [-0.4, -0.2) is 57.1 Å². The highest BCUT2D eigenvalue weighted by molar-refractivity contribution is 6.08. The molecule has 0 spiro atoms. The van der Waals surface area contributed by atoms with Crippen LogP contribution < -0.4 is 15.4 Å². The molecular weight excluding hydrogens is 424 g/mol. The zero-order chi connectivity index (χ0) is 23.0. The van der Waals surface area contributed by atoms with Crippen molar-refractivity contribution in [1.82, 2.24) is 30.7 Å². The van der Waals surface area contributed by atoms with Crippen molar-refractivity contribution in [1.29, 1.82) is 0 Å². The first-order valence-corrected chi connectivity index (χ1v) is 10.5. The summed E-state index contributed by atoms with van der Waals surface area (Å²) in [5, 5.41) is 11.8. The number of pyridine rings is 1. The second-order valence-electron chi connectivity index (χ2n) is 8.24. The fraction of sp³-hybridized carbons (Fsp3) is 0.261. The number of hydrogen-bond acceptors (Lipinski definition) is 6. The monoisotopic (exact) mass is 446 g/mol. The van der Waals surface area contributed by atoms with E-state index < -0.39 is 17.5 Å². The SMILES string of the molecule is COc1ccc2c(c1)C(=O)N(CC1(CCc3cncc(-c4cn[nH]c4)c3)NC(=O)NC1=O)C2. The number of imide groups is 1. The molecule has 33 heavy (non-hydrogen) atoms. The van der Waals surface area contributed by atoms with E-state index in [1.54, 1.807) is 48.9 Å². The zero-order valence-electron chi connectivity index (χ0n) is 17.9. The molecule has 4 heterocycles. The van der Waals surface area contributed by atoms with Gasteiger partial charge in [0.05, 0.1) is 19.9 Å². The van der Waals surface area contributed by atoms with E-state index in [9.17, 15) is 14.4 Å². The molecule has 3 N–H and O–H groups in total. The van der Waals surface area contributed by atoms with Gasteiger partial charge in [-0.2, -0.15) is 5.10 Å². The summed E-state index contributed by atoms with van der Waals surface area (Å²) in [6.45, 7) is 0.426. The Morgan fingerprint density at radius 1 is 1.12 bits per heavy atom. The van der Waals surface area contributed by atoms with Gasteiger partial charge in [-0.1, -0.05) is 6.07 Å². The Kier molecular flexibility index (Phi) is 5.04. The predicted molar refractivity (Wildman–Crippen MR) is 117 cm³/mol. The number of carbonyl (C=O) groups is 3. The molecule has 1 saturated heterocycles. The lowest BCUT2D eigenvalue weighted by atomic mass is 9.90. The number of methoxy groups -OCH3 is 1. The average Bonchev–Trinajstić information content (AvgIpc) is 3.52. The van der Waals surface area contributed by atoms with Crippen LogP contribution in [0.1, 0.15) is 27.9 Å². The smallest absolute Gasteiger partial charge is 0.322 e. The second kappa shape index (κ2) is 8.05. The number of nitrogens with zero attached hydrogens (tertiary/aromatic N) is 3. The molecule has 10 heteroatoms. The molecule has 2 aromatic heterocycles. The van der Waals surface area contributed by atoms with Crippen molar-refractivity contribution in [3.63, 3.8) is 0 Å². The van der Waals surface area contributed by atoms with Gasteiger partial charge < -0.3 is 15.0 Å². The van der Waals surface area contributed by atoms with Crippen molar-refractivity contribution in [2.75, 3.05) is 13.7 Å². The van der Waals surface area contributed by atoms with Crippen LogP contribution in [0.2, 0.25) is 0 Å². The number of rotatable bonds is 7. The van der Waals surface area contributed by atoms with Gasteiger partial charge in [0, 0.05) is 41.8 Å². The molecule has 0 saturated carbocycles. The average molecular weight is 446 g/mol. The molecule has 2 aliphatic rings. The summed E-state index contributed by atoms with van der Waals surface area (Å²) >= 11 is 0. The Labute approximate surface area is 189 Å². The molecule has 0 radical (unpaired) electrons. The van der Waals surface area contributed by atoms with Crippen molar-refractivity contribution in [2.24, 2.45) is 0 Å². The van der Waals surface area contributed by atoms with Gasteiger partial charge in [0.15, 0.2) is 0 Å². The lowest BCUT2D eigenvalue weighted by Crippen LogP contribution is -2.55. The number of hydrogen-bond donors (Lipinski definition) is 3. The number of aromatic nitrogens is 3. The van der Waals surface area contributed by atoms with Crippen LogP contribution in [-0.2, 0) is 17.8 Å². The van der Waals surface area contributed by atoms with Gasteiger partial charge in [0.2, 0.25) is 0 Å². The number of nitrogens with one attached hydrogen (secondary N) is 3. The number of aromatic amines is 1. The van der Waals surface area contributed by atoms with E-state index in [0.29, 0.717) is 30.7 Å². The predicted octanol–water partition coefficient (Wildman–Crippen LogP) is 1.65. The van der Waals surface area contributed by atoms with Crippen molar-refractivity contribution in [2.45, 2.75) is 24.9 Å². The van der Waals surface area contributed by atoms with Gasteiger partial charge in [-0.3, -0.25) is 25.0 Å². The van der Waals surface area contributed by atoms with Gasteiger partial charge in [-0.25, -0.2) is 4.79 Å². The summed E-state index contributed by atoms with van der Waals surface area (Å²) in [6, 6.07) is 6.76. The van der Waals surface area contributed by atoms with Crippen molar-refractivity contribution in [3.8, 4) is 16.9 Å². The molecule has 10 nitrogen and oxygen atoms in total. The standard InChI is InChI=1S/C23H22N6O4/c1-33-18-3-2-15-12-29(20(30)19(15)7-18)13-23(21(31)27-22(32)28-23)5-4-14-6-16(9-24-8-14)17-10-25-26-11-17/h2-3,6-11H,4-5,12-13H2,1H3,(H,25,26)(H2,27,28,31,32). The van der Waals surface area contributed by atoms with Crippen molar-refractivity contribution in [3.05, 3.63) is 65.7 Å². The summed E-state index contributed by atoms with van der Waals surface area (Å²) in [4.78, 5) is 43.9. The highest BCUT2D eigenvalue weighted by atomic mass is 16.5. The minimum atomic E-state index is -1.23. The van der Waals surface area contributed by atoms with Crippen LogP contribution in [0.15, 0.2) is 49.1 Å². The molecule has 4 amide bonds. The van der Waals surface area contributed by atoms with Gasteiger partial charge >= 0.3 is 6.03 Å². The number of fused-ring (bicyclic) bond motifs is 1. The van der Waals surface area contributed by atoms with Gasteiger partial charge in [-0.05, 0) is 42.2 Å². The first-order valence-electron chi connectivity index (χ1n) is 10.5. The quantitative estimate of drug-likeness (QED) is 0.473. The molecule has 168 valence electrons. The highest BCUT2D eigenvalue weighted by Gasteiger charge is 2.48. The Hall–Kier alpha value is -4.21. The fourth-order valence-corrected chi connectivity index (χ4v) is 4.36. The normalized spacial score (nSPS) is 19.4. The molecule has 1 unspecified atom stereocenters. The van der Waals surface area contributed by atoms with Crippen LogP contribution in [0.25, 0.3) is 11.1 Å². The molecule has 5 rings (SSSR count). The largest absolute Gasteiger partial charge is 0.497 e. The van der Waals surface area contributed by atoms with E-state index in [1.165, 1.54) is 0 Å². The Morgan fingerprint density at radius 2 is 2.00 bits per heavy atom. The first-order chi connectivity index (χ1) is 16.0. The lowest BCUT2D eigenvalue weighted by Gasteiger charge is -2.31. The number of carbonyl (C=O) groups excluding carboxylic acids is 3. The Balaban J connectivity index is 1.36. The number of amides is 4. The summed E-state index contributed by atoms with van der Waals surface area (Å²) in [5.74, 6) is -0.0378. The molecule has 1 fully saturated rings. The Bertz CT molecular complexity index is 1240. The molecule has 2 aliphatic heterocycles. The highest BCUT2D eigenvalue weighted by Crippen LogP contribution is 2.30. The van der Waals surface area contributed by atoms with Crippen molar-refractivity contribution >= 4 is 17.8 Å². The van der Waals surface area contributed by atoms with Crippen molar-refractivity contribution < 1.29 is 19.1 Å². The minimum absolute atomic E-state index is 0.0647. The third-order valence-corrected chi connectivity index (χ3v) is 6.14. The second-order valence-corrected chi connectivity index (χ2v) is 8.24. The van der Waals surface area contributed by atoms with Gasteiger partial charge in [0.1, 0.15) is 11.3 Å². The Morgan fingerprint density at radius 3 is 2.73 bits per heavy atom. The van der Waals surface area contributed by atoms with E-state index in [1.807, 2.05) is 12.1 Å². The third kappa shape index (κ3) is 3.79. The maximum absolute atomic E-state index is 13.0. The number of ether oxygens (including phenoxy) is 1. The number of benzene rings is 1. The van der Waals surface area contributed by atoms with Crippen LogP contribution in [0, 0.1) is 0 Å². The fourth-order valence-electron chi connectivity index (χ4n) is 4.36. The van der Waals surface area contributed by atoms with Crippen LogP contribution in [0.5, 0.6) is 5.75 Å². The zero-order valence-corrected chi connectivity index (χ0v) is 17.9. The molecule has 0 bridgehead atoms. The van der Waals surface area contributed by atoms with E-state index in [2.05, 4.69) is 25.8 Å². The van der Waals surface area contributed by atoms with Crippen LogP contribution in [0.4, 0.5) is 4.79 Å². The molecule has 3 aromatic rings. The third-order valence-electron chi connectivity index (χ3n) is 6.14. The minimum Gasteiger partial charge on any atom is -0.497 e. The van der Waals surface area contributed by atoms with E-state index in [-0.39, 0.29) is 12.5 Å². The molecule has 1 atom stereocenters. The van der Waals surface area contributed by atoms with E-state index in [0.717, 1.165) is 22.3 Å². The summed E-state index contributed by atoms with van der Waals surface area (Å²) < 4.78 is 5.23. The lowest BCUT2D eigenvalue weighted by molar-refractivity contribution is -0.124. The molecule has 0 aliphatic carbocycles. The van der Waals surface area contributed by atoms with E-state index >= 15 is 0 Å². The van der Waals surface area contributed by atoms with Crippen LogP contribution in [0.3, 0.4) is 0 Å². The summed E-state index contributed by atoms with van der Waals surface area (Å²) in [5.41, 5.74) is 2.88. The number of H-pyrrole nitrogens is 1. The number of aryl methyl sites for hydroxylation is 1.